The predicted octanol–water partition coefficient (Wildman–Crippen LogP) is 3.81. The fourth-order valence-corrected chi connectivity index (χ4v) is 0.411. The first kappa shape index (κ1) is 46.2. The summed E-state index contributed by atoms with van der Waals surface area (Å²) < 4.78 is 9.84. The molecule has 0 amide bonds. The van der Waals surface area contributed by atoms with Crippen LogP contribution in [-0.4, -0.2) is 33.0 Å². The molecule has 0 aromatic heterocycles. The molecule has 15 heavy (non-hydrogen) atoms. The van der Waals surface area contributed by atoms with Gasteiger partial charge in [0.25, 0.3) is 0 Å². The zero-order chi connectivity index (χ0) is 7.11. The normalized spacial score (nSPS) is 8.20. The maximum Gasteiger partial charge on any atom is 0.0701 e. The second kappa shape index (κ2) is 37.1. The van der Waals surface area contributed by atoms with E-state index >= 15 is 0 Å². The Morgan fingerprint density at radius 3 is 1.60 bits per heavy atom. The minimum Gasteiger partial charge on any atom is -0.382 e. The van der Waals surface area contributed by atoms with Crippen molar-refractivity contribution in [2.24, 2.45) is 5.73 Å². The van der Waals surface area contributed by atoms with Crippen LogP contribution in [0.1, 0.15) is 51.5 Å². The Morgan fingerprint density at radius 1 is 0.933 bits per heavy atom. The SMILES string of the molecule is C.C.C.C.C.C.COCCOCC(C)N. The van der Waals surface area contributed by atoms with Gasteiger partial charge in [-0.2, -0.15) is 0 Å². The fraction of sp³-hybridized carbons (Fsp3) is 1.00. The van der Waals surface area contributed by atoms with Gasteiger partial charge in [0.1, 0.15) is 0 Å². The molecule has 0 aromatic rings. The fourth-order valence-electron chi connectivity index (χ4n) is 0.411. The first-order valence-corrected chi connectivity index (χ1v) is 3.09. The van der Waals surface area contributed by atoms with Crippen molar-refractivity contribution in [3.8, 4) is 0 Å². The second-order valence-corrected chi connectivity index (χ2v) is 2.04. The van der Waals surface area contributed by atoms with Crippen LogP contribution >= 0.6 is 0 Å². The molecule has 0 aromatic carbocycles. The van der Waals surface area contributed by atoms with Gasteiger partial charge in [-0.15, -0.1) is 0 Å². The third-order valence-corrected chi connectivity index (χ3v) is 0.813. The van der Waals surface area contributed by atoms with Gasteiger partial charge >= 0.3 is 0 Å². The van der Waals surface area contributed by atoms with Crippen LogP contribution in [-0.2, 0) is 9.47 Å². The van der Waals surface area contributed by atoms with E-state index in [0.717, 1.165) is 0 Å². The summed E-state index contributed by atoms with van der Waals surface area (Å²) in [6.07, 6.45) is 0. The van der Waals surface area contributed by atoms with E-state index in [1.807, 2.05) is 6.92 Å². The van der Waals surface area contributed by atoms with Crippen molar-refractivity contribution in [1.82, 2.24) is 0 Å². The minimum atomic E-state index is 0. The van der Waals surface area contributed by atoms with Crippen molar-refractivity contribution in [3.05, 3.63) is 0 Å². The van der Waals surface area contributed by atoms with Gasteiger partial charge in [0.05, 0.1) is 19.8 Å². The molecule has 0 bridgehead atoms. The molecule has 0 saturated carbocycles. The molecule has 2 N–H and O–H groups in total. The van der Waals surface area contributed by atoms with Gasteiger partial charge in [-0.1, -0.05) is 44.6 Å². The third kappa shape index (κ3) is 56.7. The van der Waals surface area contributed by atoms with Crippen LogP contribution in [0.3, 0.4) is 0 Å². The van der Waals surface area contributed by atoms with Crippen molar-refractivity contribution >= 4 is 0 Å². The van der Waals surface area contributed by atoms with E-state index in [9.17, 15) is 0 Å². The number of ether oxygens (including phenoxy) is 2. The highest BCUT2D eigenvalue weighted by atomic mass is 16.5. The summed E-state index contributed by atoms with van der Waals surface area (Å²) in [5, 5.41) is 0. The summed E-state index contributed by atoms with van der Waals surface area (Å²) in [6, 6.07) is 0.127. The van der Waals surface area contributed by atoms with Gasteiger partial charge in [0.15, 0.2) is 0 Å². The molecule has 0 rings (SSSR count). The molecule has 0 aliphatic carbocycles. The van der Waals surface area contributed by atoms with E-state index in [1.165, 1.54) is 0 Å². The largest absolute Gasteiger partial charge is 0.382 e. The maximum atomic E-state index is 5.41. The number of hydrogen-bond acceptors (Lipinski definition) is 3. The van der Waals surface area contributed by atoms with E-state index in [2.05, 4.69) is 0 Å². The van der Waals surface area contributed by atoms with Crippen molar-refractivity contribution in [3.63, 3.8) is 0 Å². The second-order valence-electron chi connectivity index (χ2n) is 2.04. The summed E-state index contributed by atoms with van der Waals surface area (Å²) in [6.45, 7) is 3.81. The zero-order valence-corrected chi connectivity index (χ0v) is 6.09. The molecule has 3 heteroatoms. The van der Waals surface area contributed by atoms with Crippen molar-refractivity contribution in [2.45, 2.75) is 57.5 Å². The summed E-state index contributed by atoms with van der Waals surface area (Å²) >= 11 is 0. The minimum absolute atomic E-state index is 0. The lowest BCUT2D eigenvalue weighted by atomic mass is 10.4. The lowest BCUT2D eigenvalue weighted by Crippen LogP contribution is -2.22. The van der Waals surface area contributed by atoms with Crippen molar-refractivity contribution in [2.75, 3.05) is 26.9 Å². The molecule has 0 heterocycles. The Bertz CT molecular complexity index is 59.6. The molecule has 104 valence electrons. The van der Waals surface area contributed by atoms with Crippen LogP contribution < -0.4 is 5.73 Å². The molecule has 0 radical (unpaired) electrons. The first-order chi connectivity index (χ1) is 4.27. The number of methoxy groups -OCH3 is 1. The highest BCUT2D eigenvalue weighted by Crippen LogP contribution is 1.79. The zero-order valence-electron chi connectivity index (χ0n) is 6.09. The van der Waals surface area contributed by atoms with Gasteiger partial charge in [0, 0.05) is 13.2 Å². The average molecular weight is 229 g/mol. The molecule has 1 unspecified atom stereocenters. The van der Waals surface area contributed by atoms with Crippen molar-refractivity contribution in [1.29, 1.82) is 0 Å². The van der Waals surface area contributed by atoms with Crippen LogP contribution in [0.5, 0.6) is 0 Å². The molecular weight excluding hydrogens is 190 g/mol. The Kier molecular flexibility index (Phi) is 114. The van der Waals surface area contributed by atoms with Crippen LogP contribution in [0.15, 0.2) is 0 Å². The van der Waals surface area contributed by atoms with Gasteiger partial charge in [-0.3, -0.25) is 0 Å². The topological polar surface area (TPSA) is 44.5 Å². The lowest BCUT2D eigenvalue weighted by Gasteiger charge is -2.04. The summed E-state index contributed by atoms with van der Waals surface area (Å²) in [4.78, 5) is 0. The molecule has 1 atom stereocenters. The highest BCUT2D eigenvalue weighted by molar-refractivity contribution is 4.47. The van der Waals surface area contributed by atoms with Crippen LogP contribution in [0, 0.1) is 0 Å². The number of hydrogen-bond donors (Lipinski definition) is 1. The monoisotopic (exact) mass is 229 g/mol. The van der Waals surface area contributed by atoms with Gasteiger partial charge in [-0.25, -0.2) is 0 Å². The Hall–Kier alpha value is -0.120. The Labute approximate surface area is 100 Å². The molecule has 3 nitrogen and oxygen atoms in total. The van der Waals surface area contributed by atoms with Crippen LogP contribution in [0.4, 0.5) is 0 Å². The van der Waals surface area contributed by atoms with E-state index in [4.69, 9.17) is 15.2 Å². The highest BCUT2D eigenvalue weighted by Gasteiger charge is 1.91. The molecule has 0 aliphatic rings. The van der Waals surface area contributed by atoms with Crippen molar-refractivity contribution < 1.29 is 9.47 Å². The van der Waals surface area contributed by atoms with Gasteiger partial charge in [-0.05, 0) is 6.92 Å². The van der Waals surface area contributed by atoms with Gasteiger partial charge < -0.3 is 15.2 Å². The molecular formula is C12H39NO2. The van der Waals surface area contributed by atoms with Gasteiger partial charge in [0.2, 0.25) is 0 Å². The maximum absolute atomic E-state index is 5.41. The molecule has 0 saturated heterocycles. The smallest absolute Gasteiger partial charge is 0.0701 e. The standard InChI is InChI=1S/C6H15NO2.6CH4/c1-6(7)5-9-4-3-8-2;;;;;;/h6H,3-5,7H2,1-2H3;6*1H4. The molecule has 0 fully saturated rings. The Balaban J connectivity index is -0.0000000213. The third-order valence-electron chi connectivity index (χ3n) is 0.813. The van der Waals surface area contributed by atoms with E-state index in [1.54, 1.807) is 7.11 Å². The average Bonchev–Trinajstić information content (AvgIpc) is 1.80. The number of rotatable bonds is 5. The summed E-state index contributed by atoms with van der Waals surface area (Å²) in [5.74, 6) is 0. The van der Waals surface area contributed by atoms with E-state index in [0.29, 0.717) is 19.8 Å². The summed E-state index contributed by atoms with van der Waals surface area (Å²) in [7, 11) is 1.65. The van der Waals surface area contributed by atoms with E-state index in [-0.39, 0.29) is 50.6 Å². The summed E-state index contributed by atoms with van der Waals surface area (Å²) in [5.41, 5.74) is 5.41. The predicted molar refractivity (Wildman–Crippen MR) is 76.7 cm³/mol. The quantitative estimate of drug-likeness (QED) is 0.729. The molecule has 0 spiro atoms. The molecule has 0 aliphatic heterocycles. The van der Waals surface area contributed by atoms with Crippen LogP contribution in [0.2, 0.25) is 0 Å². The van der Waals surface area contributed by atoms with Crippen LogP contribution in [0.25, 0.3) is 0 Å². The Morgan fingerprint density at radius 2 is 1.33 bits per heavy atom. The first-order valence-electron chi connectivity index (χ1n) is 3.09. The number of nitrogens with two attached hydrogens (primary N) is 1. The lowest BCUT2D eigenvalue weighted by molar-refractivity contribution is 0.0656. The van der Waals surface area contributed by atoms with E-state index < -0.39 is 0 Å².